The largest absolute Gasteiger partial charge is 0.377 e. The third-order valence-electron chi connectivity index (χ3n) is 4.38. The molecule has 3 aromatic rings. The lowest BCUT2D eigenvalue weighted by atomic mass is 9.93. The van der Waals surface area contributed by atoms with Crippen molar-refractivity contribution in [3.8, 4) is 23.0 Å². The fourth-order valence-corrected chi connectivity index (χ4v) is 2.99. The molecule has 1 saturated heterocycles. The zero-order chi connectivity index (χ0) is 16.4. The smallest absolute Gasteiger partial charge is 0.139 e. The van der Waals surface area contributed by atoms with Gasteiger partial charge >= 0.3 is 0 Å². The van der Waals surface area contributed by atoms with Crippen LogP contribution in [0.1, 0.15) is 18.5 Å². The molecule has 3 aromatic heterocycles. The van der Waals surface area contributed by atoms with Gasteiger partial charge in [-0.05, 0) is 61.7 Å². The van der Waals surface area contributed by atoms with Gasteiger partial charge in [0.25, 0.3) is 0 Å². The lowest BCUT2D eigenvalue weighted by Crippen LogP contribution is -2.40. The number of nitrogens with one attached hydrogen (secondary N) is 2. The summed E-state index contributed by atoms with van der Waals surface area (Å²) in [7, 11) is 0. The predicted octanol–water partition coefficient (Wildman–Crippen LogP) is 2.09. The number of pyridine rings is 2. The van der Waals surface area contributed by atoms with Crippen LogP contribution in [0.25, 0.3) is 22.2 Å². The van der Waals surface area contributed by atoms with E-state index in [-0.39, 0.29) is 0 Å². The molecule has 1 aliphatic heterocycles. The Labute approximate surface area is 140 Å². The lowest BCUT2D eigenvalue weighted by Gasteiger charge is -2.27. The van der Waals surface area contributed by atoms with Gasteiger partial charge in [-0.2, -0.15) is 0 Å². The van der Waals surface area contributed by atoms with Crippen LogP contribution in [0.15, 0.2) is 42.9 Å². The molecule has 3 N–H and O–H groups in total. The van der Waals surface area contributed by atoms with Crippen molar-refractivity contribution in [2.75, 3.05) is 13.1 Å². The molecule has 0 aromatic carbocycles. The van der Waals surface area contributed by atoms with Gasteiger partial charge in [-0.25, -0.2) is 4.98 Å². The van der Waals surface area contributed by atoms with Crippen LogP contribution >= 0.6 is 0 Å². The number of aromatic nitrogens is 3. The molecule has 1 aliphatic rings. The summed E-state index contributed by atoms with van der Waals surface area (Å²) in [5, 5.41) is 14.7. The second-order valence-electron chi connectivity index (χ2n) is 6.06. The van der Waals surface area contributed by atoms with Crippen molar-refractivity contribution in [1.29, 1.82) is 0 Å². The standard InChI is InChI=1S/C19H18N4O/c24-19(7-11-21-12-8-19)6-3-15-1-2-16-17(13-22-18(16)23-15)14-4-9-20-10-5-14/h1-2,4-5,9-10,13,21,24H,7-8,11-12H2,(H,22,23). The minimum Gasteiger partial charge on any atom is -0.377 e. The summed E-state index contributed by atoms with van der Waals surface area (Å²) in [5.74, 6) is 6.03. The number of piperidine rings is 1. The molecule has 24 heavy (non-hydrogen) atoms. The van der Waals surface area contributed by atoms with Crippen LogP contribution in [0.3, 0.4) is 0 Å². The van der Waals surface area contributed by atoms with Crippen LogP contribution in [0, 0.1) is 11.8 Å². The van der Waals surface area contributed by atoms with Gasteiger partial charge in [-0.1, -0.05) is 5.92 Å². The Morgan fingerprint density at radius 1 is 1.08 bits per heavy atom. The van der Waals surface area contributed by atoms with E-state index in [0.717, 1.165) is 35.2 Å². The van der Waals surface area contributed by atoms with E-state index < -0.39 is 5.60 Å². The number of H-pyrrole nitrogens is 1. The molecule has 0 amide bonds. The number of hydrogen-bond acceptors (Lipinski definition) is 4. The van der Waals surface area contributed by atoms with Crippen molar-refractivity contribution in [2.45, 2.75) is 18.4 Å². The molecule has 0 saturated carbocycles. The average Bonchev–Trinajstić information content (AvgIpc) is 3.05. The maximum Gasteiger partial charge on any atom is 0.139 e. The van der Waals surface area contributed by atoms with Crippen LogP contribution in [0.5, 0.6) is 0 Å². The van der Waals surface area contributed by atoms with Crippen molar-refractivity contribution in [3.05, 3.63) is 48.5 Å². The molecule has 4 heterocycles. The first kappa shape index (κ1) is 14.9. The third kappa shape index (κ3) is 2.90. The van der Waals surface area contributed by atoms with Crippen LogP contribution in [-0.2, 0) is 0 Å². The van der Waals surface area contributed by atoms with Crippen LogP contribution in [0.2, 0.25) is 0 Å². The SMILES string of the molecule is OC1(C#Cc2ccc3c(-c4ccncc4)c[nH]c3n2)CCNCC1. The summed E-state index contributed by atoms with van der Waals surface area (Å²) < 4.78 is 0. The van der Waals surface area contributed by atoms with Crippen LogP contribution < -0.4 is 5.32 Å². The Hall–Kier alpha value is -2.68. The van der Waals surface area contributed by atoms with Gasteiger partial charge in [0.1, 0.15) is 16.9 Å². The molecule has 0 radical (unpaired) electrons. The number of nitrogens with zero attached hydrogens (tertiary/aromatic N) is 2. The zero-order valence-electron chi connectivity index (χ0n) is 13.2. The third-order valence-corrected chi connectivity index (χ3v) is 4.38. The Morgan fingerprint density at radius 3 is 2.67 bits per heavy atom. The Kier molecular flexibility index (Phi) is 3.77. The molecule has 0 atom stereocenters. The Balaban J connectivity index is 1.66. The van der Waals surface area contributed by atoms with Gasteiger partial charge < -0.3 is 15.4 Å². The quantitative estimate of drug-likeness (QED) is 0.601. The van der Waals surface area contributed by atoms with Gasteiger partial charge in [0.15, 0.2) is 0 Å². The van der Waals surface area contributed by atoms with Crippen LogP contribution in [-0.4, -0.2) is 38.7 Å². The summed E-state index contributed by atoms with van der Waals surface area (Å²) in [6.07, 6.45) is 6.81. The summed E-state index contributed by atoms with van der Waals surface area (Å²) >= 11 is 0. The average molecular weight is 318 g/mol. The molecule has 5 nitrogen and oxygen atoms in total. The predicted molar refractivity (Wildman–Crippen MR) is 93.3 cm³/mol. The second kappa shape index (κ2) is 6.08. The molecular formula is C19H18N4O. The minimum absolute atomic E-state index is 0.650. The highest BCUT2D eigenvalue weighted by atomic mass is 16.3. The minimum atomic E-state index is -0.903. The fourth-order valence-electron chi connectivity index (χ4n) is 2.99. The first-order valence-corrected chi connectivity index (χ1v) is 8.08. The van der Waals surface area contributed by atoms with E-state index >= 15 is 0 Å². The monoisotopic (exact) mass is 318 g/mol. The highest BCUT2D eigenvalue weighted by Gasteiger charge is 2.26. The topological polar surface area (TPSA) is 73.8 Å². The van der Waals surface area contributed by atoms with Crippen molar-refractivity contribution in [2.24, 2.45) is 0 Å². The van der Waals surface area contributed by atoms with Crippen molar-refractivity contribution in [1.82, 2.24) is 20.3 Å². The van der Waals surface area contributed by atoms with Crippen molar-refractivity contribution in [3.63, 3.8) is 0 Å². The number of aliphatic hydroxyl groups is 1. The molecule has 5 heteroatoms. The van der Waals surface area contributed by atoms with Gasteiger partial charge in [-0.15, -0.1) is 0 Å². The van der Waals surface area contributed by atoms with E-state index in [1.54, 1.807) is 12.4 Å². The molecule has 0 spiro atoms. The number of rotatable bonds is 1. The Morgan fingerprint density at radius 2 is 1.88 bits per heavy atom. The molecule has 0 bridgehead atoms. The molecule has 1 fully saturated rings. The maximum atomic E-state index is 10.4. The van der Waals surface area contributed by atoms with E-state index in [4.69, 9.17) is 0 Å². The van der Waals surface area contributed by atoms with Gasteiger partial charge in [-0.3, -0.25) is 4.98 Å². The number of hydrogen-bond donors (Lipinski definition) is 3. The maximum absolute atomic E-state index is 10.4. The molecule has 0 unspecified atom stereocenters. The number of fused-ring (bicyclic) bond motifs is 1. The first-order valence-electron chi connectivity index (χ1n) is 8.08. The Bertz CT molecular complexity index is 915. The van der Waals surface area contributed by atoms with Crippen LogP contribution in [0.4, 0.5) is 0 Å². The molecule has 0 aliphatic carbocycles. The molecule has 120 valence electrons. The van der Waals surface area contributed by atoms with Crippen molar-refractivity contribution < 1.29 is 5.11 Å². The molecule has 4 rings (SSSR count). The first-order chi connectivity index (χ1) is 11.7. The molecular weight excluding hydrogens is 300 g/mol. The lowest BCUT2D eigenvalue weighted by molar-refractivity contribution is 0.0679. The summed E-state index contributed by atoms with van der Waals surface area (Å²) in [6.45, 7) is 1.59. The highest BCUT2D eigenvalue weighted by Crippen LogP contribution is 2.27. The normalized spacial score (nSPS) is 16.5. The van der Waals surface area contributed by atoms with Gasteiger partial charge in [0, 0.05) is 29.5 Å². The fraction of sp³-hybridized carbons (Fsp3) is 0.263. The van der Waals surface area contributed by atoms with Gasteiger partial charge in [0.05, 0.1) is 0 Å². The second-order valence-corrected chi connectivity index (χ2v) is 6.06. The number of aromatic amines is 1. The van der Waals surface area contributed by atoms with E-state index in [9.17, 15) is 5.11 Å². The zero-order valence-corrected chi connectivity index (χ0v) is 13.2. The van der Waals surface area contributed by atoms with E-state index in [0.29, 0.717) is 18.5 Å². The summed E-state index contributed by atoms with van der Waals surface area (Å²) in [5.41, 5.74) is 2.75. The summed E-state index contributed by atoms with van der Waals surface area (Å²) in [4.78, 5) is 11.8. The van der Waals surface area contributed by atoms with E-state index in [1.165, 1.54) is 0 Å². The van der Waals surface area contributed by atoms with Gasteiger partial charge in [0.2, 0.25) is 0 Å². The summed E-state index contributed by atoms with van der Waals surface area (Å²) in [6, 6.07) is 7.87. The van der Waals surface area contributed by atoms with E-state index in [1.807, 2.05) is 30.5 Å². The van der Waals surface area contributed by atoms with Crippen molar-refractivity contribution >= 4 is 11.0 Å². The van der Waals surface area contributed by atoms with E-state index in [2.05, 4.69) is 32.1 Å². The highest BCUT2D eigenvalue weighted by molar-refractivity contribution is 5.93.